The van der Waals surface area contributed by atoms with Gasteiger partial charge in [-0.3, -0.25) is 10.1 Å². The van der Waals surface area contributed by atoms with Crippen LogP contribution in [0, 0.1) is 13.8 Å². The molecule has 5 heteroatoms. The van der Waals surface area contributed by atoms with E-state index in [1.54, 1.807) is 6.20 Å². The summed E-state index contributed by atoms with van der Waals surface area (Å²) in [5.41, 5.74) is 5.26. The molecule has 0 spiro atoms. The van der Waals surface area contributed by atoms with Gasteiger partial charge in [-0.1, -0.05) is 11.6 Å². The quantitative estimate of drug-likeness (QED) is 0.769. The van der Waals surface area contributed by atoms with E-state index in [-0.39, 0.29) is 0 Å². The molecule has 0 fully saturated rings. The number of anilines is 1. The zero-order valence-electron chi connectivity index (χ0n) is 11.4. The van der Waals surface area contributed by atoms with Crippen molar-refractivity contribution in [2.45, 2.75) is 20.4 Å². The van der Waals surface area contributed by atoms with Crippen LogP contribution in [0.25, 0.3) is 10.9 Å². The molecule has 0 atom stereocenters. The van der Waals surface area contributed by atoms with E-state index in [9.17, 15) is 0 Å². The zero-order chi connectivity index (χ0) is 14.1. The Morgan fingerprint density at radius 2 is 2.10 bits per heavy atom. The Kier molecular flexibility index (Phi) is 3.32. The number of nitrogens with one attached hydrogen (secondary N) is 2. The van der Waals surface area contributed by atoms with Crippen molar-refractivity contribution in [3.05, 3.63) is 52.4 Å². The standard InChI is InChI=1S/C15H15ClN4/c1-9-13(10(2)20-19-9)8-18-15-5-6-17-14-4-3-11(16)7-12(14)15/h3-7H,8H2,1-2H3,(H,17,18)(H,19,20). The first-order chi connectivity index (χ1) is 9.65. The van der Waals surface area contributed by atoms with Crippen molar-refractivity contribution in [2.75, 3.05) is 5.32 Å². The molecule has 3 aromatic rings. The number of hydrogen-bond donors (Lipinski definition) is 2. The molecule has 2 N–H and O–H groups in total. The number of aromatic nitrogens is 3. The molecule has 0 unspecified atom stereocenters. The van der Waals surface area contributed by atoms with E-state index >= 15 is 0 Å². The van der Waals surface area contributed by atoms with Gasteiger partial charge in [0.25, 0.3) is 0 Å². The van der Waals surface area contributed by atoms with Crippen molar-refractivity contribution in [1.29, 1.82) is 0 Å². The van der Waals surface area contributed by atoms with Gasteiger partial charge in [0.15, 0.2) is 0 Å². The highest BCUT2D eigenvalue weighted by atomic mass is 35.5. The minimum absolute atomic E-state index is 0.712. The Morgan fingerprint density at radius 3 is 2.85 bits per heavy atom. The van der Waals surface area contributed by atoms with Crippen LogP contribution in [0.5, 0.6) is 0 Å². The average Bonchev–Trinajstić information content (AvgIpc) is 2.76. The Morgan fingerprint density at radius 1 is 1.25 bits per heavy atom. The Labute approximate surface area is 122 Å². The third-order valence-electron chi connectivity index (χ3n) is 3.44. The van der Waals surface area contributed by atoms with E-state index in [1.165, 1.54) is 5.56 Å². The maximum absolute atomic E-state index is 6.07. The second-order valence-electron chi connectivity index (χ2n) is 4.79. The van der Waals surface area contributed by atoms with E-state index in [4.69, 9.17) is 11.6 Å². The Bertz CT molecular complexity index is 744. The number of H-pyrrole nitrogens is 1. The lowest BCUT2D eigenvalue weighted by Crippen LogP contribution is -2.02. The van der Waals surface area contributed by atoms with Crippen LogP contribution in [0.15, 0.2) is 30.5 Å². The van der Waals surface area contributed by atoms with Gasteiger partial charge < -0.3 is 5.32 Å². The topological polar surface area (TPSA) is 53.6 Å². The zero-order valence-corrected chi connectivity index (χ0v) is 12.1. The van der Waals surface area contributed by atoms with Crippen LogP contribution in [0.2, 0.25) is 5.02 Å². The van der Waals surface area contributed by atoms with Crippen LogP contribution >= 0.6 is 11.6 Å². The molecule has 0 aliphatic rings. The molecular weight excluding hydrogens is 272 g/mol. The molecule has 102 valence electrons. The molecule has 0 saturated heterocycles. The lowest BCUT2D eigenvalue weighted by atomic mass is 10.1. The third kappa shape index (κ3) is 2.34. The lowest BCUT2D eigenvalue weighted by molar-refractivity contribution is 1.02. The maximum atomic E-state index is 6.07. The molecule has 0 bridgehead atoms. The number of aromatic amines is 1. The predicted molar refractivity (Wildman–Crippen MR) is 82.1 cm³/mol. The summed E-state index contributed by atoms with van der Waals surface area (Å²) in [7, 11) is 0. The summed E-state index contributed by atoms with van der Waals surface area (Å²) >= 11 is 6.07. The van der Waals surface area contributed by atoms with Crippen LogP contribution in [0.4, 0.5) is 5.69 Å². The molecule has 2 heterocycles. The number of nitrogens with zero attached hydrogens (tertiary/aromatic N) is 2. The highest BCUT2D eigenvalue weighted by Crippen LogP contribution is 2.25. The fraction of sp³-hybridized carbons (Fsp3) is 0.200. The minimum atomic E-state index is 0.712. The maximum Gasteiger partial charge on any atom is 0.0723 e. The summed E-state index contributed by atoms with van der Waals surface area (Å²) in [6.45, 7) is 4.75. The van der Waals surface area contributed by atoms with Crippen LogP contribution in [0.1, 0.15) is 17.0 Å². The number of fused-ring (bicyclic) bond motifs is 1. The van der Waals surface area contributed by atoms with E-state index in [0.29, 0.717) is 5.02 Å². The minimum Gasteiger partial charge on any atom is -0.380 e. The van der Waals surface area contributed by atoms with Crippen molar-refractivity contribution in [1.82, 2.24) is 15.2 Å². The summed E-state index contributed by atoms with van der Waals surface area (Å²) in [5.74, 6) is 0. The van der Waals surface area contributed by atoms with E-state index in [2.05, 4.69) is 20.5 Å². The molecule has 0 radical (unpaired) electrons. The molecular formula is C15H15ClN4. The Balaban J connectivity index is 1.93. The van der Waals surface area contributed by atoms with E-state index in [0.717, 1.165) is 34.5 Å². The van der Waals surface area contributed by atoms with Crippen molar-refractivity contribution in [2.24, 2.45) is 0 Å². The lowest BCUT2D eigenvalue weighted by Gasteiger charge is -2.10. The van der Waals surface area contributed by atoms with E-state index in [1.807, 2.05) is 38.1 Å². The van der Waals surface area contributed by atoms with Gasteiger partial charge >= 0.3 is 0 Å². The first-order valence-electron chi connectivity index (χ1n) is 6.44. The monoisotopic (exact) mass is 286 g/mol. The van der Waals surface area contributed by atoms with Crippen LogP contribution < -0.4 is 5.32 Å². The van der Waals surface area contributed by atoms with Gasteiger partial charge in [-0.2, -0.15) is 5.10 Å². The number of rotatable bonds is 3. The molecule has 0 aliphatic carbocycles. The van der Waals surface area contributed by atoms with Crippen LogP contribution in [-0.4, -0.2) is 15.2 Å². The summed E-state index contributed by atoms with van der Waals surface area (Å²) in [5, 5.41) is 12.4. The molecule has 1 aromatic carbocycles. The number of pyridine rings is 1. The number of aryl methyl sites for hydroxylation is 2. The van der Waals surface area contributed by atoms with Crippen molar-refractivity contribution in [3.8, 4) is 0 Å². The fourth-order valence-corrected chi connectivity index (χ4v) is 2.46. The average molecular weight is 287 g/mol. The highest BCUT2D eigenvalue weighted by Gasteiger charge is 2.07. The predicted octanol–water partition coefficient (Wildman–Crippen LogP) is 3.84. The van der Waals surface area contributed by atoms with Gasteiger partial charge in [-0.05, 0) is 38.1 Å². The van der Waals surface area contributed by atoms with Crippen LogP contribution in [0.3, 0.4) is 0 Å². The van der Waals surface area contributed by atoms with Gasteiger partial charge in [0.05, 0.1) is 11.2 Å². The Hall–Kier alpha value is -2.07. The molecule has 3 rings (SSSR count). The molecule has 20 heavy (non-hydrogen) atoms. The smallest absolute Gasteiger partial charge is 0.0723 e. The second-order valence-corrected chi connectivity index (χ2v) is 5.22. The number of benzene rings is 1. The van der Waals surface area contributed by atoms with Crippen molar-refractivity contribution in [3.63, 3.8) is 0 Å². The number of hydrogen-bond acceptors (Lipinski definition) is 3. The summed E-state index contributed by atoms with van der Waals surface area (Å²) < 4.78 is 0. The molecule has 4 nitrogen and oxygen atoms in total. The number of halogens is 1. The SMILES string of the molecule is Cc1n[nH]c(C)c1CNc1ccnc2ccc(Cl)cc12. The summed E-state index contributed by atoms with van der Waals surface area (Å²) in [6.07, 6.45) is 1.80. The second kappa shape index (κ2) is 5.13. The van der Waals surface area contributed by atoms with Gasteiger partial charge in [0.1, 0.15) is 0 Å². The fourth-order valence-electron chi connectivity index (χ4n) is 2.29. The highest BCUT2D eigenvalue weighted by molar-refractivity contribution is 6.31. The summed E-state index contributed by atoms with van der Waals surface area (Å²) in [6, 6.07) is 7.67. The first kappa shape index (κ1) is 12.9. The van der Waals surface area contributed by atoms with Gasteiger partial charge in [-0.15, -0.1) is 0 Å². The molecule has 0 amide bonds. The third-order valence-corrected chi connectivity index (χ3v) is 3.68. The normalized spacial score (nSPS) is 10.9. The molecule has 0 saturated carbocycles. The summed E-state index contributed by atoms with van der Waals surface area (Å²) in [4.78, 5) is 4.35. The van der Waals surface area contributed by atoms with Gasteiger partial charge in [-0.25, -0.2) is 0 Å². The van der Waals surface area contributed by atoms with E-state index < -0.39 is 0 Å². The van der Waals surface area contributed by atoms with Crippen LogP contribution in [-0.2, 0) is 6.54 Å². The van der Waals surface area contributed by atoms with Gasteiger partial charge in [0.2, 0.25) is 0 Å². The van der Waals surface area contributed by atoms with Gasteiger partial charge in [0, 0.05) is 40.1 Å². The molecule has 0 aliphatic heterocycles. The first-order valence-corrected chi connectivity index (χ1v) is 6.81. The van der Waals surface area contributed by atoms with Crippen molar-refractivity contribution >= 4 is 28.2 Å². The largest absolute Gasteiger partial charge is 0.380 e. The molecule has 2 aromatic heterocycles. The van der Waals surface area contributed by atoms with Crippen molar-refractivity contribution < 1.29 is 0 Å².